The van der Waals surface area contributed by atoms with Crippen LogP contribution in [0.3, 0.4) is 0 Å². The van der Waals surface area contributed by atoms with Crippen molar-refractivity contribution < 1.29 is 5.11 Å². The van der Waals surface area contributed by atoms with Gasteiger partial charge in [-0.15, -0.1) is 0 Å². The number of rotatable bonds is 4. The molecule has 1 aliphatic carbocycles. The number of halogens is 1. The molecule has 2 aliphatic rings. The molecular formula is C25H31ClN4O. The fraction of sp³-hybridized carbons (Fsp3) is 0.480. The number of likely N-dealkylation sites (N-methyl/N-ethyl adjacent to an activating group) is 1. The molecule has 2 N–H and O–H groups in total. The largest absolute Gasteiger partial charge is 0.393 e. The van der Waals surface area contributed by atoms with Crippen LogP contribution in [0.2, 0.25) is 5.15 Å². The summed E-state index contributed by atoms with van der Waals surface area (Å²) in [5, 5.41) is 13.8. The number of aromatic nitrogens is 1. The van der Waals surface area contributed by atoms with Gasteiger partial charge in [0.1, 0.15) is 5.15 Å². The third-order valence-corrected chi connectivity index (χ3v) is 6.43. The lowest BCUT2D eigenvalue weighted by molar-refractivity contribution is 0.126. The van der Waals surface area contributed by atoms with E-state index in [4.69, 9.17) is 11.6 Å². The minimum Gasteiger partial charge on any atom is -0.393 e. The van der Waals surface area contributed by atoms with Crippen molar-refractivity contribution >= 4 is 17.3 Å². The Kier molecular flexibility index (Phi) is 7.47. The van der Waals surface area contributed by atoms with Gasteiger partial charge in [-0.1, -0.05) is 35.6 Å². The van der Waals surface area contributed by atoms with E-state index in [9.17, 15) is 5.11 Å². The van der Waals surface area contributed by atoms with Crippen molar-refractivity contribution in [1.82, 2.24) is 14.8 Å². The van der Waals surface area contributed by atoms with Crippen molar-refractivity contribution in [3.63, 3.8) is 0 Å². The Bertz CT molecular complexity index is 921. The third kappa shape index (κ3) is 6.44. The van der Waals surface area contributed by atoms with Gasteiger partial charge < -0.3 is 15.3 Å². The van der Waals surface area contributed by atoms with E-state index >= 15 is 0 Å². The van der Waals surface area contributed by atoms with Crippen molar-refractivity contribution in [2.24, 2.45) is 0 Å². The summed E-state index contributed by atoms with van der Waals surface area (Å²) in [6.07, 6.45) is 5.12. The standard InChI is InChI=1S/C25H31ClN4O/c1-29-12-14-30(15-13-29)18-20-4-2-19(3-5-20)6-7-21-17-27-25(26)16-24(21)28-22-8-10-23(31)11-9-22/h2-5,16-17,22-23,31H,8-15,18H2,1H3,(H,27,28). The molecule has 0 atom stereocenters. The zero-order valence-corrected chi connectivity index (χ0v) is 18.9. The molecule has 0 amide bonds. The van der Waals surface area contributed by atoms with Crippen LogP contribution in [0, 0.1) is 11.8 Å². The smallest absolute Gasteiger partial charge is 0.131 e. The van der Waals surface area contributed by atoms with Gasteiger partial charge in [0.05, 0.1) is 17.4 Å². The van der Waals surface area contributed by atoms with Crippen molar-refractivity contribution in [2.45, 2.75) is 44.4 Å². The number of benzene rings is 1. The van der Waals surface area contributed by atoms with Crippen LogP contribution in [-0.4, -0.2) is 65.3 Å². The first-order chi connectivity index (χ1) is 15.0. The van der Waals surface area contributed by atoms with Gasteiger partial charge in [0.2, 0.25) is 0 Å². The van der Waals surface area contributed by atoms with Gasteiger partial charge in [0.15, 0.2) is 0 Å². The zero-order valence-electron chi connectivity index (χ0n) is 18.1. The topological polar surface area (TPSA) is 51.6 Å². The van der Waals surface area contributed by atoms with Crippen LogP contribution < -0.4 is 5.32 Å². The van der Waals surface area contributed by atoms with E-state index in [1.807, 2.05) is 6.07 Å². The molecule has 2 heterocycles. The average molecular weight is 439 g/mol. The first-order valence-corrected chi connectivity index (χ1v) is 11.5. The molecule has 164 valence electrons. The Morgan fingerprint density at radius 1 is 1.06 bits per heavy atom. The van der Waals surface area contributed by atoms with Crippen LogP contribution in [0.1, 0.15) is 42.4 Å². The van der Waals surface area contributed by atoms with E-state index in [2.05, 4.69) is 63.3 Å². The van der Waals surface area contributed by atoms with E-state index in [-0.39, 0.29) is 6.10 Å². The molecule has 31 heavy (non-hydrogen) atoms. The zero-order chi connectivity index (χ0) is 21.6. The second-order valence-corrected chi connectivity index (χ2v) is 9.12. The minimum atomic E-state index is -0.169. The number of hydrogen-bond donors (Lipinski definition) is 2. The summed E-state index contributed by atoms with van der Waals surface area (Å²) in [4.78, 5) is 9.09. The molecule has 6 heteroatoms. The maximum atomic E-state index is 9.74. The Labute approximate surface area is 190 Å². The maximum absolute atomic E-state index is 9.74. The predicted octanol–water partition coefficient (Wildman–Crippen LogP) is 3.60. The van der Waals surface area contributed by atoms with E-state index < -0.39 is 0 Å². The van der Waals surface area contributed by atoms with E-state index in [1.54, 1.807) is 6.20 Å². The molecule has 2 fully saturated rings. The molecule has 0 bridgehead atoms. The van der Waals surface area contributed by atoms with Gasteiger partial charge in [-0.3, -0.25) is 4.90 Å². The highest BCUT2D eigenvalue weighted by Gasteiger charge is 2.20. The lowest BCUT2D eigenvalue weighted by atomic mass is 9.93. The number of pyridine rings is 1. The summed E-state index contributed by atoms with van der Waals surface area (Å²) in [6, 6.07) is 10.7. The molecule has 1 aliphatic heterocycles. The van der Waals surface area contributed by atoms with E-state index in [0.717, 1.165) is 75.2 Å². The van der Waals surface area contributed by atoms with Crippen LogP contribution in [0.15, 0.2) is 36.5 Å². The summed E-state index contributed by atoms with van der Waals surface area (Å²) in [6.45, 7) is 5.51. The molecule has 2 aromatic rings. The van der Waals surface area contributed by atoms with Gasteiger partial charge >= 0.3 is 0 Å². The van der Waals surface area contributed by atoms with Gasteiger partial charge in [0.25, 0.3) is 0 Å². The van der Waals surface area contributed by atoms with Gasteiger partial charge in [-0.2, -0.15) is 0 Å². The number of piperazine rings is 1. The second-order valence-electron chi connectivity index (χ2n) is 8.73. The highest BCUT2D eigenvalue weighted by Crippen LogP contribution is 2.25. The highest BCUT2D eigenvalue weighted by molar-refractivity contribution is 6.29. The lowest BCUT2D eigenvalue weighted by Gasteiger charge is -2.32. The van der Waals surface area contributed by atoms with Gasteiger partial charge in [-0.25, -0.2) is 4.98 Å². The number of aliphatic hydroxyl groups is 1. The molecule has 1 aromatic heterocycles. The summed E-state index contributed by atoms with van der Waals surface area (Å²) < 4.78 is 0. The molecule has 1 saturated carbocycles. The Hall–Kier alpha value is -2.10. The monoisotopic (exact) mass is 438 g/mol. The number of nitrogens with one attached hydrogen (secondary N) is 1. The SMILES string of the molecule is CN1CCN(Cc2ccc(C#Cc3cnc(Cl)cc3NC3CCC(O)CC3)cc2)CC1. The van der Waals surface area contributed by atoms with Gasteiger partial charge in [0, 0.05) is 50.5 Å². The quantitative estimate of drug-likeness (QED) is 0.564. The van der Waals surface area contributed by atoms with Crippen molar-refractivity contribution in [3.8, 4) is 11.8 Å². The Morgan fingerprint density at radius 2 is 1.77 bits per heavy atom. The molecule has 0 radical (unpaired) electrons. The summed E-state index contributed by atoms with van der Waals surface area (Å²) in [5.41, 5.74) is 4.08. The number of nitrogens with zero attached hydrogens (tertiary/aromatic N) is 3. The van der Waals surface area contributed by atoms with E-state index in [0.29, 0.717) is 11.2 Å². The minimum absolute atomic E-state index is 0.169. The number of hydrogen-bond acceptors (Lipinski definition) is 5. The Balaban J connectivity index is 1.41. The Morgan fingerprint density at radius 3 is 2.48 bits per heavy atom. The molecule has 0 unspecified atom stereocenters. The second kappa shape index (κ2) is 10.5. The van der Waals surface area contributed by atoms with Crippen LogP contribution in [-0.2, 0) is 6.54 Å². The van der Waals surface area contributed by atoms with Gasteiger partial charge in [-0.05, 0) is 56.5 Å². The molecule has 4 rings (SSSR count). The average Bonchev–Trinajstić information content (AvgIpc) is 2.77. The lowest BCUT2D eigenvalue weighted by Crippen LogP contribution is -2.43. The summed E-state index contributed by atoms with van der Waals surface area (Å²) >= 11 is 6.13. The van der Waals surface area contributed by atoms with Crippen molar-refractivity contribution in [2.75, 3.05) is 38.5 Å². The molecule has 0 spiro atoms. The molecular weight excluding hydrogens is 408 g/mol. The normalized spacial score (nSPS) is 22.5. The van der Waals surface area contributed by atoms with Crippen LogP contribution in [0.25, 0.3) is 0 Å². The maximum Gasteiger partial charge on any atom is 0.131 e. The van der Waals surface area contributed by atoms with Crippen LogP contribution in [0.5, 0.6) is 0 Å². The number of aliphatic hydroxyl groups excluding tert-OH is 1. The van der Waals surface area contributed by atoms with Crippen molar-refractivity contribution in [3.05, 3.63) is 58.4 Å². The van der Waals surface area contributed by atoms with Crippen LogP contribution in [0.4, 0.5) is 5.69 Å². The third-order valence-electron chi connectivity index (χ3n) is 6.22. The molecule has 1 saturated heterocycles. The highest BCUT2D eigenvalue weighted by atomic mass is 35.5. The summed E-state index contributed by atoms with van der Waals surface area (Å²) in [7, 11) is 2.18. The first-order valence-electron chi connectivity index (χ1n) is 11.2. The summed E-state index contributed by atoms with van der Waals surface area (Å²) in [5.74, 6) is 6.53. The molecule has 5 nitrogen and oxygen atoms in total. The van der Waals surface area contributed by atoms with Crippen LogP contribution >= 0.6 is 11.6 Å². The van der Waals surface area contributed by atoms with Crippen molar-refractivity contribution in [1.29, 1.82) is 0 Å². The number of anilines is 1. The fourth-order valence-electron chi connectivity index (χ4n) is 4.19. The van der Waals surface area contributed by atoms with E-state index in [1.165, 1.54) is 5.56 Å². The molecule has 1 aromatic carbocycles. The first kappa shape index (κ1) is 22.1. The fourth-order valence-corrected chi connectivity index (χ4v) is 4.34. The predicted molar refractivity (Wildman–Crippen MR) is 126 cm³/mol.